The zero-order chi connectivity index (χ0) is 20.6. The zero-order valence-corrected chi connectivity index (χ0v) is 15.2. The number of pyridine rings is 1. The van der Waals surface area contributed by atoms with Crippen molar-refractivity contribution in [2.45, 2.75) is 37.0 Å². The number of hydrogen-bond donors (Lipinski definition) is 2. The van der Waals surface area contributed by atoms with Gasteiger partial charge in [0, 0.05) is 6.20 Å². The molecule has 0 fully saturated rings. The van der Waals surface area contributed by atoms with Crippen molar-refractivity contribution in [3.8, 4) is 6.07 Å². The summed E-state index contributed by atoms with van der Waals surface area (Å²) in [5.74, 6) is -4.55. The Kier molecular flexibility index (Phi) is 4.42. The fourth-order valence-electron chi connectivity index (χ4n) is 3.96. The third-order valence-electron chi connectivity index (χ3n) is 5.27. The number of fused-ring (bicyclic) bond motifs is 2. The molecule has 3 N–H and O–H groups in total. The molecule has 1 aromatic carbocycles. The summed E-state index contributed by atoms with van der Waals surface area (Å²) >= 11 is 0. The van der Waals surface area contributed by atoms with E-state index in [-0.39, 0.29) is 17.7 Å². The number of nitrogens with two attached hydrogens (primary N) is 1. The van der Waals surface area contributed by atoms with E-state index in [1.165, 1.54) is 18.3 Å². The van der Waals surface area contributed by atoms with Crippen molar-refractivity contribution < 1.29 is 18.3 Å². The molecule has 2 aromatic rings. The van der Waals surface area contributed by atoms with Crippen molar-refractivity contribution in [3.63, 3.8) is 0 Å². The summed E-state index contributed by atoms with van der Waals surface area (Å²) in [7, 11) is 0. The molecule has 0 bridgehead atoms. The van der Waals surface area contributed by atoms with Crippen molar-refractivity contribution in [1.82, 2.24) is 10.3 Å². The molecule has 9 heteroatoms. The molecule has 4 rings (SSSR count). The minimum absolute atomic E-state index is 0.0384. The standard InChI is InChI=1S/C20H17F2N5O2/c21-20(22)17(26-16(28)15-13(11-23)7-4-10-25-15)29-18(24)27-19(20)9-3-6-12-5-1-2-8-14(12)19/h1-2,4-5,7-8,10,17H,3,6,9H2,(H2,24,27)(H,26,28)/t17?,19-/m1/s1. The van der Waals surface area contributed by atoms with Crippen molar-refractivity contribution in [3.05, 3.63) is 65.0 Å². The maximum absolute atomic E-state index is 15.7. The fourth-order valence-corrected chi connectivity index (χ4v) is 3.96. The molecule has 29 heavy (non-hydrogen) atoms. The quantitative estimate of drug-likeness (QED) is 0.807. The number of nitrogens with zero attached hydrogens (tertiary/aromatic N) is 3. The summed E-state index contributed by atoms with van der Waals surface area (Å²) in [5, 5.41) is 11.3. The molecule has 1 aromatic heterocycles. The van der Waals surface area contributed by atoms with Gasteiger partial charge >= 0.3 is 5.92 Å². The average Bonchev–Trinajstić information content (AvgIpc) is 2.72. The van der Waals surface area contributed by atoms with E-state index in [0.29, 0.717) is 18.4 Å². The Morgan fingerprint density at radius 1 is 1.31 bits per heavy atom. The van der Waals surface area contributed by atoms with Crippen LogP contribution in [-0.2, 0) is 16.7 Å². The predicted octanol–water partition coefficient (Wildman–Crippen LogP) is 2.22. The number of rotatable bonds is 2. The highest BCUT2D eigenvalue weighted by Crippen LogP contribution is 2.52. The highest BCUT2D eigenvalue weighted by Gasteiger charge is 2.65. The van der Waals surface area contributed by atoms with Gasteiger partial charge in [0.05, 0.1) is 5.56 Å². The van der Waals surface area contributed by atoms with Crippen LogP contribution in [0.15, 0.2) is 47.6 Å². The molecular formula is C20H17F2N5O2. The summed E-state index contributed by atoms with van der Waals surface area (Å²) < 4.78 is 36.5. The first kappa shape index (κ1) is 18.8. The molecular weight excluding hydrogens is 380 g/mol. The first-order valence-corrected chi connectivity index (χ1v) is 9.03. The molecule has 0 radical (unpaired) electrons. The van der Waals surface area contributed by atoms with Crippen LogP contribution in [0.1, 0.15) is 40.0 Å². The fraction of sp³-hybridized carbons (Fsp3) is 0.300. The predicted molar refractivity (Wildman–Crippen MR) is 98.9 cm³/mol. The van der Waals surface area contributed by atoms with Gasteiger partial charge in [0.15, 0.2) is 5.54 Å². The number of aryl methyl sites for hydroxylation is 1. The molecule has 148 valence electrons. The topological polar surface area (TPSA) is 113 Å². The van der Waals surface area contributed by atoms with Gasteiger partial charge in [-0.15, -0.1) is 0 Å². The molecule has 1 unspecified atom stereocenters. The maximum atomic E-state index is 15.7. The number of halogens is 2. The van der Waals surface area contributed by atoms with E-state index in [9.17, 15) is 4.79 Å². The lowest BCUT2D eigenvalue weighted by atomic mass is 9.72. The van der Waals surface area contributed by atoms with Crippen LogP contribution in [0.2, 0.25) is 0 Å². The van der Waals surface area contributed by atoms with Gasteiger partial charge in [-0.25, -0.2) is 9.98 Å². The van der Waals surface area contributed by atoms with E-state index in [1.807, 2.05) is 6.07 Å². The van der Waals surface area contributed by atoms with Gasteiger partial charge in [0.2, 0.25) is 6.23 Å². The Bertz CT molecular complexity index is 1050. The molecule has 7 nitrogen and oxygen atoms in total. The molecule has 2 aliphatic rings. The number of benzene rings is 1. The number of alkyl halides is 2. The minimum Gasteiger partial charge on any atom is -0.435 e. The van der Waals surface area contributed by atoms with Crippen LogP contribution in [0, 0.1) is 11.3 Å². The number of aromatic nitrogens is 1. The highest BCUT2D eigenvalue weighted by atomic mass is 19.3. The lowest BCUT2D eigenvalue weighted by Crippen LogP contribution is -2.64. The van der Waals surface area contributed by atoms with E-state index in [1.54, 1.807) is 24.3 Å². The summed E-state index contributed by atoms with van der Waals surface area (Å²) in [5.41, 5.74) is 4.64. The van der Waals surface area contributed by atoms with Gasteiger partial charge in [-0.2, -0.15) is 14.0 Å². The number of nitriles is 1. The second kappa shape index (κ2) is 6.81. The molecule has 1 aliphatic carbocycles. The molecule has 2 atom stereocenters. The van der Waals surface area contributed by atoms with Crippen molar-refractivity contribution >= 4 is 11.9 Å². The van der Waals surface area contributed by atoms with Gasteiger partial charge in [-0.05, 0) is 42.5 Å². The second-order valence-electron chi connectivity index (χ2n) is 6.93. The van der Waals surface area contributed by atoms with Gasteiger partial charge in [0.1, 0.15) is 11.8 Å². The summed E-state index contributed by atoms with van der Waals surface area (Å²) in [6.45, 7) is 0. The first-order valence-electron chi connectivity index (χ1n) is 9.03. The summed E-state index contributed by atoms with van der Waals surface area (Å²) in [6, 6.07) is 11.1. The van der Waals surface area contributed by atoms with Crippen molar-refractivity contribution in [2.75, 3.05) is 0 Å². The number of hydrogen-bond acceptors (Lipinski definition) is 6. The zero-order valence-electron chi connectivity index (χ0n) is 15.2. The molecule has 1 spiro atoms. The maximum Gasteiger partial charge on any atom is 0.331 e. The van der Waals surface area contributed by atoms with Gasteiger partial charge in [0.25, 0.3) is 11.9 Å². The second-order valence-corrected chi connectivity index (χ2v) is 6.93. The lowest BCUT2D eigenvalue weighted by molar-refractivity contribution is -0.179. The van der Waals surface area contributed by atoms with Crippen LogP contribution < -0.4 is 11.1 Å². The molecule has 1 amide bonds. The summed E-state index contributed by atoms with van der Waals surface area (Å²) in [6.07, 6.45) is 0.432. The Labute approximate surface area is 165 Å². The largest absolute Gasteiger partial charge is 0.435 e. The molecule has 2 heterocycles. The average molecular weight is 397 g/mol. The van der Waals surface area contributed by atoms with Gasteiger partial charge in [-0.1, -0.05) is 24.3 Å². The van der Waals surface area contributed by atoms with Crippen LogP contribution >= 0.6 is 0 Å². The Morgan fingerprint density at radius 3 is 2.90 bits per heavy atom. The Balaban J connectivity index is 1.74. The van der Waals surface area contributed by atoms with Crippen LogP contribution in [-0.4, -0.2) is 29.1 Å². The number of amidine groups is 1. The minimum atomic E-state index is -3.59. The van der Waals surface area contributed by atoms with Crippen LogP contribution in [0.25, 0.3) is 0 Å². The van der Waals surface area contributed by atoms with Crippen LogP contribution in [0.5, 0.6) is 0 Å². The number of carbonyl (C=O) groups is 1. The van der Waals surface area contributed by atoms with Crippen molar-refractivity contribution in [1.29, 1.82) is 5.26 Å². The van der Waals surface area contributed by atoms with E-state index in [2.05, 4.69) is 15.3 Å². The van der Waals surface area contributed by atoms with E-state index in [4.69, 9.17) is 15.7 Å². The summed E-state index contributed by atoms with van der Waals surface area (Å²) in [4.78, 5) is 20.4. The van der Waals surface area contributed by atoms with E-state index >= 15 is 8.78 Å². The van der Waals surface area contributed by atoms with Gasteiger partial charge in [-0.3, -0.25) is 4.79 Å². The van der Waals surface area contributed by atoms with Crippen LogP contribution in [0.4, 0.5) is 8.78 Å². The molecule has 0 saturated carbocycles. The SMILES string of the molecule is N#Cc1cccnc1C(=O)NC1OC(N)=N[C@@]2(CCCc3ccccc32)C1(F)F. The number of ether oxygens (including phenoxy) is 1. The number of aliphatic imine (C=N–C) groups is 1. The van der Waals surface area contributed by atoms with Crippen molar-refractivity contribution in [2.24, 2.45) is 10.7 Å². The Hall–Kier alpha value is -3.54. The molecule has 1 aliphatic heterocycles. The highest BCUT2D eigenvalue weighted by molar-refractivity contribution is 5.95. The smallest absolute Gasteiger partial charge is 0.331 e. The normalized spacial score (nSPS) is 24.6. The lowest BCUT2D eigenvalue weighted by Gasteiger charge is -2.46. The van der Waals surface area contributed by atoms with Crippen LogP contribution in [0.3, 0.4) is 0 Å². The van der Waals surface area contributed by atoms with Gasteiger partial charge < -0.3 is 15.8 Å². The number of carbonyl (C=O) groups excluding carboxylic acids is 1. The van der Waals surface area contributed by atoms with E-state index in [0.717, 1.165) is 5.56 Å². The third-order valence-corrected chi connectivity index (χ3v) is 5.27. The Morgan fingerprint density at radius 2 is 2.10 bits per heavy atom. The molecule has 0 saturated heterocycles. The monoisotopic (exact) mass is 397 g/mol. The number of amides is 1. The van der Waals surface area contributed by atoms with E-state index < -0.39 is 29.6 Å². The first-order chi connectivity index (χ1) is 13.9. The third kappa shape index (κ3) is 2.88. The number of nitrogens with one attached hydrogen (secondary N) is 1.